The number of nitrogens with one attached hydrogen (secondary N) is 1. The van der Waals surface area contributed by atoms with E-state index in [1.165, 1.54) is 25.5 Å². The Kier molecular flexibility index (Phi) is 6.91. The summed E-state index contributed by atoms with van der Waals surface area (Å²) in [6.07, 6.45) is 7.44. The lowest BCUT2D eigenvalue weighted by Gasteiger charge is -2.47. The second-order valence-electron chi connectivity index (χ2n) is 6.02. The number of carbonyl (C=O) groups is 1. The van der Waals surface area contributed by atoms with Gasteiger partial charge >= 0.3 is 0 Å². The van der Waals surface area contributed by atoms with Crippen molar-refractivity contribution in [3.05, 3.63) is 24.0 Å². The van der Waals surface area contributed by atoms with E-state index in [-0.39, 0.29) is 36.8 Å². The Morgan fingerprint density at radius 2 is 1.91 bits per heavy atom. The maximum absolute atomic E-state index is 12.2. The predicted octanol–water partition coefficient (Wildman–Crippen LogP) is 2.25. The molecule has 1 aromatic heterocycles. The lowest BCUT2D eigenvalue weighted by molar-refractivity contribution is 0.0462. The van der Waals surface area contributed by atoms with Crippen LogP contribution in [0.2, 0.25) is 0 Å². The molecule has 3 rings (SSSR count). The number of amides is 1. The zero-order chi connectivity index (χ0) is 14.1. The van der Waals surface area contributed by atoms with Gasteiger partial charge in [0.1, 0.15) is 5.69 Å². The second kappa shape index (κ2) is 7.99. The molecule has 3 heterocycles. The highest BCUT2D eigenvalue weighted by molar-refractivity contribution is 5.92. The van der Waals surface area contributed by atoms with Crippen molar-refractivity contribution in [1.82, 2.24) is 15.2 Å². The van der Waals surface area contributed by atoms with E-state index >= 15 is 0 Å². The molecule has 5 nitrogen and oxygen atoms in total. The Morgan fingerprint density at radius 3 is 2.45 bits per heavy atom. The van der Waals surface area contributed by atoms with Gasteiger partial charge < -0.3 is 16.0 Å². The number of hydrogen-bond donors (Lipinski definition) is 2. The molecule has 2 saturated heterocycles. The fourth-order valence-corrected chi connectivity index (χ4v) is 3.53. The number of rotatable bonds is 2. The first-order chi connectivity index (χ1) is 9.63. The van der Waals surface area contributed by atoms with Crippen LogP contribution in [0.4, 0.5) is 5.69 Å². The van der Waals surface area contributed by atoms with Gasteiger partial charge in [-0.05, 0) is 44.9 Å². The molecule has 22 heavy (non-hydrogen) atoms. The van der Waals surface area contributed by atoms with Gasteiger partial charge in [-0.3, -0.25) is 4.79 Å². The van der Waals surface area contributed by atoms with E-state index in [0.717, 1.165) is 12.8 Å². The third-order valence-corrected chi connectivity index (χ3v) is 4.69. The van der Waals surface area contributed by atoms with E-state index in [9.17, 15) is 4.79 Å². The van der Waals surface area contributed by atoms with Crippen molar-refractivity contribution in [2.45, 2.75) is 50.2 Å². The monoisotopic (exact) mass is 346 g/mol. The van der Waals surface area contributed by atoms with Crippen molar-refractivity contribution < 1.29 is 4.79 Å². The summed E-state index contributed by atoms with van der Waals surface area (Å²) in [6.45, 7) is 0. The van der Waals surface area contributed by atoms with Crippen molar-refractivity contribution in [2.24, 2.45) is 0 Å². The molecule has 2 bridgehead atoms. The molecule has 0 aromatic carbocycles. The minimum atomic E-state index is -0.0855. The first kappa shape index (κ1) is 19.0. The van der Waals surface area contributed by atoms with E-state index in [4.69, 9.17) is 5.73 Å². The molecule has 0 spiro atoms. The number of nitrogens with two attached hydrogens (primary N) is 1. The molecule has 2 atom stereocenters. The SMILES string of the molecule is CN1C2CCCC1CC(NC(=O)c1ccc(N)cn1)C2.Cl.Cl. The number of anilines is 1. The summed E-state index contributed by atoms with van der Waals surface area (Å²) >= 11 is 0. The standard InChI is InChI=1S/C15H22N4O.2ClH/c1-19-12-3-2-4-13(19)8-11(7-12)18-15(20)14-6-5-10(16)9-17-14;;/h5-6,9,11-13H,2-4,7-8,16H2,1H3,(H,18,20);2*1H. The van der Waals surface area contributed by atoms with Crippen LogP contribution in [0.5, 0.6) is 0 Å². The molecule has 7 heteroatoms. The molecular weight excluding hydrogens is 323 g/mol. The molecule has 2 aliphatic heterocycles. The zero-order valence-electron chi connectivity index (χ0n) is 12.7. The Hall–Kier alpha value is -1.04. The van der Waals surface area contributed by atoms with Gasteiger partial charge in [-0.1, -0.05) is 6.42 Å². The van der Waals surface area contributed by atoms with E-state index in [2.05, 4.69) is 22.2 Å². The van der Waals surface area contributed by atoms with Gasteiger partial charge in [-0.2, -0.15) is 0 Å². The molecule has 0 saturated carbocycles. The molecular formula is C15H24Cl2N4O. The summed E-state index contributed by atoms with van der Waals surface area (Å²) in [7, 11) is 2.22. The molecule has 2 unspecified atom stereocenters. The molecule has 2 aliphatic rings. The average Bonchev–Trinajstić information content (AvgIpc) is 2.40. The summed E-state index contributed by atoms with van der Waals surface area (Å²) in [5.74, 6) is -0.0855. The molecule has 3 N–H and O–H groups in total. The van der Waals surface area contributed by atoms with Crippen LogP contribution in [0, 0.1) is 0 Å². The number of pyridine rings is 1. The average molecular weight is 347 g/mol. The lowest BCUT2D eigenvalue weighted by atomic mass is 9.82. The third kappa shape index (κ3) is 4.03. The molecule has 2 fully saturated rings. The summed E-state index contributed by atoms with van der Waals surface area (Å²) in [4.78, 5) is 18.8. The van der Waals surface area contributed by atoms with Gasteiger partial charge in [-0.25, -0.2) is 4.98 Å². The Bertz CT molecular complexity index is 483. The minimum absolute atomic E-state index is 0. The normalized spacial score (nSPS) is 27.2. The van der Waals surface area contributed by atoms with Crippen LogP contribution < -0.4 is 11.1 Å². The molecule has 0 aliphatic carbocycles. The van der Waals surface area contributed by atoms with Gasteiger partial charge in [0.15, 0.2) is 0 Å². The van der Waals surface area contributed by atoms with Crippen molar-refractivity contribution in [3.63, 3.8) is 0 Å². The smallest absolute Gasteiger partial charge is 0.270 e. The van der Waals surface area contributed by atoms with Crippen molar-refractivity contribution in [3.8, 4) is 0 Å². The second-order valence-corrected chi connectivity index (χ2v) is 6.02. The quantitative estimate of drug-likeness (QED) is 0.861. The number of nitrogen functional groups attached to an aromatic ring is 1. The summed E-state index contributed by atoms with van der Waals surface area (Å²) in [5, 5.41) is 3.13. The molecule has 0 radical (unpaired) electrons. The maximum atomic E-state index is 12.2. The van der Waals surface area contributed by atoms with E-state index in [0.29, 0.717) is 23.5 Å². The number of piperidine rings is 2. The molecule has 1 aromatic rings. The Morgan fingerprint density at radius 1 is 1.27 bits per heavy atom. The summed E-state index contributed by atoms with van der Waals surface area (Å²) in [6, 6.07) is 4.90. The highest BCUT2D eigenvalue weighted by Gasteiger charge is 2.36. The number of nitrogens with zero attached hydrogens (tertiary/aromatic N) is 2. The van der Waals surface area contributed by atoms with Crippen molar-refractivity contribution in [2.75, 3.05) is 12.8 Å². The summed E-state index contributed by atoms with van der Waals surface area (Å²) in [5.41, 5.74) is 6.62. The number of aromatic nitrogens is 1. The van der Waals surface area contributed by atoms with Gasteiger partial charge in [0.25, 0.3) is 5.91 Å². The zero-order valence-corrected chi connectivity index (χ0v) is 14.3. The lowest BCUT2D eigenvalue weighted by Crippen LogP contribution is -2.55. The highest BCUT2D eigenvalue weighted by Crippen LogP contribution is 2.32. The van der Waals surface area contributed by atoms with Gasteiger partial charge in [0, 0.05) is 18.1 Å². The van der Waals surface area contributed by atoms with Crippen LogP contribution in [0.15, 0.2) is 18.3 Å². The van der Waals surface area contributed by atoms with Crippen LogP contribution in [0.25, 0.3) is 0 Å². The summed E-state index contributed by atoms with van der Waals surface area (Å²) < 4.78 is 0. The maximum Gasteiger partial charge on any atom is 0.270 e. The Balaban J connectivity index is 0.00000121. The molecule has 124 valence electrons. The van der Waals surface area contributed by atoms with E-state index in [1.807, 2.05) is 0 Å². The van der Waals surface area contributed by atoms with E-state index < -0.39 is 0 Å². The van der Waals surface area contributed by atoms with Crippen LogP contribution in [-0.4, -0.2) is 41.0 Å². The van der Waals surface area contributed by atoms with Crippen LogP contribution in [0.3, 0.4) is 0 Å². The Labute approximate surface area is 143 Å². The van der Waals surface area contributed by atoms with E-state index in [1.54, 1.807) is 12.1 Å². The molecule has 1 amide bonds. The van der Waals surface area contributed by atoms with Crippen LogP contribution in [-0.2, 0) is 0 Å². The van der Waals surface area contributed by atoms with Gasteiger partial charge in [-0.15, -0.1) is 24.8 Å². The third-order valence-electron chi connectivity index (χ3n) is 4.69. The topological polar surface area (TPSA) is 71.2 Å². The van der Waals surface area contributed by atoms with Gasteiger partial charge in [0.2, 0.25) is 0 Å². The fraction of sp³-hybridized carbons (Fsp3) is 0.600. The minimum Gasteiger partial charge on any atom is -0.397 e. The van der Waals surface area contributed by atoms with Crippen molar-refractivity contribution in [1.29, 1.82) is 0 Å². The first-order valence-electron chi connectivity index (χ1n) is 7.38. The number of carbonyl (C=O) groups excluding carboxylic acids is 1. The predicted molar refractivity (Wildman–Crippen MR) is 92.8 cm³/mol. The first-order valence-corrected chi connectivity index (χ1v) is 7.38. The fourth-order valence-electron chi connectivity index (χ4n) is 3.53. The number of hydrogen-bond acceptors (Lipinski definition) is 4. The van der Waals surface area contributed by atoms with Crippen molar-refractivity contribution >= 4 is 36.4 Å². The highest BCUT2D eigenvalue weighted by atomic mass is 35.5. The van der Waals surface area contributed by atoms with Gasteiger partial charge in [0.05, 0.1) is 11.9 Å². The van der Waals surface area contributed by atoms with Crippen LogP contribution >= 0.6 is 24.8 Å². The largest absolute Gasteiger partial charge is 0.397 e. The van der Waals surface area contributed by atoms with Crippen LogP contribution in [0.1, 0.15) is 42.6 Å². The number of halogens is 2. The number of fused-ring (bicyclic) bond motifs is 2.